The summed E-state index contributed by atoms with van der Waals surface area (Å²) in [6, 6.07) is 0. The molecule has 5 heavy (non-hydrogen) atoms. The molecule has 0 saturated heterocycles. The van der Waals surface area contributed by atoms with Crippen LogP contribution in [0.15, 0.2) is 0 Å². The van der Waals surface area contributed by atoms with Gasteiger partial charge in [0.1, 0.15) is 0 Å². The summed E-state index contributed by atoms with van der Waals surface area (Å²) < 4.78 is 0. The molecule has 2 N–H and O–H groups in total. The van der Waals surface area contributed by atoms with E-state index in [1.54, 1.807) is 0 Å². The molecule has 0 bridgehead atoms. The van der Waals surface area contributed by atoms with E-state index in [1.165, 1.54) is 6.82 Å². The van der Waals surface area contributed by atoms with Crippen molar-refractivity contribution >= 4 is 7.12 Å². The van der Waals surface area contributed by atoms with Crippen LogP contribution in [0, 0.1) is 0 Å². The van der Waals surface area contributed by atoms with Crippen LogP contribution in [-0.4, -0.2) is 17.2 Å². The summed E-state index contributed by atoms with van der Waals surface area (Å²) in [6.45, 7) is 1.28. The molecule has 30 valence electrons. The molecule has 0 radical (unpaired) electrons. The second kappa shape index (κ2) is 4.67. The Morgan fingerprint density at radius 1 is 1.40 bits per heavy atom. The van der Waals surface area contributed by atoms with Crippen LogP contribution in [0.1, 0.15) is 0 Å². The molecule has 0 atom stereocenters. The van der Waals surface area contributed by atoms with Gasteiger partial charge in [-0.1, -0.05) is 0 Å². The normalized spacial score (nSPS) is 5.40. The Kier molecular flexibility index (Phi) is 8.58. The fourth-order valence-corrected chi connectivity index (χ4v) is 0. The largest absolute Gasteiger partial charge is 0.448 e. The van der Waals surface area contributed by atoms with Gasteiger partial charge in [-0.05, 0) is 6.82 Å². The number of hydrogen-bond acceptors (Lipinski definition) is 2. The van der Waals surface area contributed by atoms with E-state index in [9.17, 15) is 0 Å². The van der Waals surface area contributed by atoms with Crippen LogP contribution >= 0.6 is 0 Å². The smallest absolute Gasteiger partial charge is 0.427 e. The van der Waals surface area contributed by atoms with Gasteiger partial charge in [0.25, 0.3) is 0 Å². The molecule has 0 aromatic rings. The summed E-state index contributed by atoms with van der Waals surface area (Å²) in [5.41, 5.74) is 0. The van der Waals surface area contributed by atoms with Gasteiger partial charge in [0.05, 0.1) is 0 Å². The third kappa shape index (κ3) is 73.7. The third-order valence-corrected chi connectivity index (χ3v) is 0. The average Bonchev–Trinajstić information content (AvgIpc) is 0.811. The molecule has 0 fully saturated rings. The molecule has 0 spiro atoms. The van der Waals surface area contributed by atoms with E-state index in [0.717, 1.165) is 0 Å². The molecule has 4 heteroatoms. The van der Waals surface area contributed by atoms with Gasteiger partial charge in [0.2, 0.25) is 0 Å². The summed E-state index contributed by atoms with van der Waals surface area (Å²) in [7, 11) is -1.17. The average molecular weight is 244 g/mol. The Labute approximate surface area is 45.6 Å². The maximum atomic E-state index is 7.61. The molecule has 0 amide bonds. The zero-order chi connectivity index (χ0) is 3.58. The predicted molar refractivity (Wildman–Crippen MR) is 16.1 cm³/mol. The first kappa shape index (κ1) is 9.18. The van der Waals surface area contributed by atoms with Crippen LogP contribution in [-0.2, 0) is 21.1 Å². The first-order chi connectivity index (χ1) is 1.73. The quantitative estimate of drug-likeness (QED) is 0.541. The van der Waals surface area contributed by atoms with Gasteiger partial charge in [-0.2, -0.15) is 0 Å². The Morgan fingerprint density at radius 2 is 1.40 bits per heavy atom. The van der Waals surface area contributed by atoms with Crippen molar-refractivity contribution in [2.45, 2.75) is 6.82 Å². The summed E-state index contributed by atoms with van der Waals surface area (Å²) in [5.74, 6) is 0. The van der Waals surface area contributed by atoms with Crippen LogP contribution in [0.2, 0.25) is 6.82 Å². The van der Waals surface area contributed by atoms with Gasteiger partial charge in [-0.25, -0.2) is 0 Å². The maximum Gasteiger partial charge on any atom is 0.448 e. The Morgan fingerprint density at radius 3 is 1.40 bits per heavy atom. The van der Waals surface area contributed by atoms with E-state index in [0.29, 0.717) is 0 Å². The molecule has 2 nitrogen and oxygen atoms in total. The van der Waals surface area contributed by atoms with Gasteiger partial charge in [0, 0.05) is 21.1 Å². The van der Waals surface area contributed by atoms with Gasteiger partial charge >= 0.3 is 7.12 Å². The van der Waals surface area contributed by atoms with E-state index in [1.807, 2.05) is 0 Å². The molecule has 0 heterocycles. The predicted octanol–water partition coefficient (Wildman–Crippen LogP) is -0.913. The van der Waals surface area contributed by atoms with Crippen molar-refractivity contribution in [2.75, 3.05) is 0 Å². The summed E-state index contributed by atoms with van der Waals surface area (Å²) in [5, 5.41) is 15.2. The number of rotatable bonds is 0. The monoisotopic (exact) mass is 244 g/mol. The van der Waals surface area contributed by atoms with Crippen molar-refractivity contribution in [3.63, 3.8) is 0 Å². The van der Waals surface area contributed by atoms with E-state index < -0.39 is 7.12 Å². The van der Waals surface area contributed by atoms with Crippen molar-refractivity contribution < 1.29 is 31.1 Å². The molecule has 0 aliphatic heterocycles. The van der Waals surface area contributed by atoms with Crippen molar-refractivity contribution in [1.29, 1.82) is 0 Å². The van der Waals surface area contributed by atoms with E-state index in [2.05, 4.69) is 0 Å². The van der Waals surface area contributed by atoms with Gasteiger partial charge in [0.15, 0.2) is 0 Å². The zero-order valence-corrected chi connectivity index (χ0v) is 5.81. The molecular formula is CH5BO2W. The first-order valence-electron chi connectivity index (χ1n) is 1.09. The van der Waals surface area contributed by atoms with Crippen LogP contribution in [0.3, 0.4) is 0 Å². The van der Waals surface area contributed by atoms with Crippen molar-refractivity contribution in [2.24, 2.45) is 0 Å². The summed E-state index contributed by atoms with van der Waals surface area (Å²) >= 11 is 0. The van der Waals surface area contributed by atoms with Crippen LogP contribution in [0.5, 0.6) is 0 Å². The molecule has 0 aromatic heterocycles. The van der Waals surface area contributed by atoms with Crippen LogP contribution in [0.4, 0.5) is 0 Å². The fraction of sp³-hybridized carbons (Fsp3) is 1.00. The molecule has 0 unspecified atom stereocenters. The van der Waals surface area contributed by atoms with E-state index in [4.69, 9.17) is 10.0 Å². The minimum Gasteiger partial charge on any atom is -0.427 e. The molecule has 0 saturated carbocycles. The van der Waals surface area contributed by atoms with Gasteiger partial charge in [-0.3, -0.25) is 0 Å². The molecule has 0 aliphatic rings. The van der Waals surface area contributed by atoms with Crippen molar-refractivity contribution in [3.8, 4) is 0 Å². The molecular weight excluding hydrogens is 239 g/mol. The SMILES string of the molecule is CB(O)O.[W]. The molecule has 0 rings (SSSR count). The van der Waals surface area contributed by atoms with E-state index in [-0.39, 0.29) is 21.1 Å². The van der Waals surface area contributed by atoms with Crippen molar-refractivity contribution in [3.05, 3.63) is 0 Å². The van der Waals surface area contributed by atoms with E-state index >= 15 is 0 Å². The zero-order valence-electron chi connectivity index (χ0n) is 2.88. The van der Waals surface area contributed by atoms with Crippen LogP contribution < -0.4 is 0 Å². The molecule has 0 aromatic carbocycles. The Balaban J connectivity index is 0. The van der Waals surface area contributed by atoms with Gasteiger partial charge < -0.3 is 10.0 Å². The van der Waals surface area contributed by atoms with Gasteiger partial charge in [-0.15, -0.1) is 0 Å². The first-order valence-corrected chi connectivity index (χ1v) is 1.09. The summed E-state index contributed by atoms with van der Waals surface area (Å²) in [4.78, 5) is 0. The number of hydrogen-bond donors (Lipinski definition) is 2. The second-order valence-electron chi connectivity index (χ2n) is 0.632. The van der Waals surface area contributed by atoms with Crippen molar-refractivity contribution in [1.82, 2.24) is 0 Å². The fourth-order valence-electron chi connectivity index (χ4n) is 0. The topological polar surface area (TPSA) is 40.5 Å². The minimum atomic E-state index is -1.17. The summed E-state index contributed by atoms with van der Waals surface area (Å²) in [6.07, 6.45) is 0. The standard InChI is InChI=1S/CH5BO2.W/c1-2(3)4;/h3-4H,1H3;. The Bertz CT molecular complexity index is 14.4. The van der Waals surface area contributed by atoms with Crippen LogP contribution in [0.25, 0.3) is 0 Å². The second-order valence-corrected chi connectivity index (χ2v) is 0.632. The molecule has 0 aliphatic carbocycles. The minimum absolute atomic E-state index is 0. The third-order valence-electron chi connectivity index (χ3n) is 0. The Hall–Kier alpha value is 0.673. The maximum absolute atomic E-state index is 7.61.